The van der Waals surface area contributed by atoms with Crippen molar-refractivity contribution in [1.29, 1.82) is 0 Å². The van der Waals surface area contributed by atoms with Crippen molar-refractivity contribution < 1.29 is 14.1 Å². The van der Waals surface area contributed by atoms with Crippen LogP contribution in [-0.2, 0) is 6.54 Å². The van der Waals surface area contributed by atoms with E-state index in [9.17, 15) is 10.1 Å². The molecule has 1 aromatic heterocycles. The second-order valence-corrected chi connectivity index (χ2v) is 4.28. The summed E-state index contributed by atoms with van der Waals surface area (Å²) in [4.78, 5) is 12.5. The molecule has 0 radical (unpaired) electrons. The van der Waals surface area contributed by atoms with Crippen LogP contribution in [0.1, 0.15) is 5.56 Å². The zero-order valence-electron chi connectivity index (χ0n) is 10.7. The van der Waals surface area contributed by atoms with Crippen LogP contribution in [-0.4, -0.2) is 23.9 Å². The summed E-state index contributed by atoms with van der Waals surface area (Å²) in [6.07, 6.45) is 1.48. The van der Waals surface area contributed by atoms with Gasteiger partial charge in [-0.15, -0.1) is 0 Å². The van der Waals surface area contributed by atoms with Gasteiger partial charge in [-0.05, 0) is 26.2 Å². The molecule has 6 heteroatoms. The Bertz CT molecular complexity index is 564. The maximum absolute atomic E-state index is 11.1. The van der Waals surface area contributed by atoms with Crippen molar-refractivity contribution in [1.82, 2.24) is 4.90 Å². The van der Waals surface area contributed by atoms with E-state index in [2.05, 4.69) is 0 Å². The van der Waals surface area contributed by atoms with Crippen molar-refractivity contribution in [2.24, 2.45) is 0 Å². The lowest BCUT2D eigenvalue weighted by Gasteiger charge is -2.13. The molecule has 19 heavy (non-hydrogen) atoms. The molecule has 0 saturated heterocycles. The van der Waals surface area contributed by atoms with Gasteiger partial charge in [-0.2, -0.15) is 0 Å². The van der Waals surface area contributed by atoms with Gasteiger partial charge in [0.05, 0.1) is 16.7 Å². The van der Waals surface area contributed by atoms with Gasteiger partial charge in [0, 0.05) is 18.7 Å². The van der Waals surface area contributed by atoms with Gasteiger partial charge in [0.2, 0.25) is 0 Å². The molecule has 0 spiro atoms. The average molecular weight is 262 g/mol. The molecule has 6 nitrogen and oxygen atoms in total. The number of nitro benzene ring substituents is 1. The highest BCUT2D eigenvalue weighted by molar-refractivity contribution is 5.50. The first kappa shape index (κ1) is 13.1. The Kier molecular flexibility index (Phi) is 3.82. The molecule has 0 saturated carbocycles. The molecule has 0 N–H and O–H groups in total. The number of furan rings is 1. The predicted octanol–water partition coefficient (Wildman–Crippen LogP) is 3.04. The van der Waals surface area contributed by atoms with Crippen molar-refractivity contribution in [3.05, 3.63) is 52.3 Å². The van der Waals surface area contributed by atoms with E-state index >= 15 is 0 Å². The second-order valence-electron chi connectivity index (χ2n) is 4.28. The summed E-state index contributed by atoms with van der Waals surface area (Å²) >= 11 is 0. The summed E-state index contributed by atoms with van der Waals surface area (Å²) in [5.41, 5.74) is 0.562. The van der Waals surface area contributed by atoms with Crippen molar-refractivity contribution in [2.45, 2.75) is 6.54 Å². The van der Waals surface area contributed by atoms with Crippen LogP contribution in [0.25, 0.3) is 0 Å². The minimum atomic E-state index is -0.409. The van der Waals surface area contributed by atoms with Crippen LogP contribution in [0.4, 0.5) is 5.69 Å². The molecule has 1 heterocycles. The van der Waals surface area contributed by atoms with E-state index in [1.165, 1.54) is 12.3 Å². The molecule has 0 fully saturated rings. The first-order valence-electron chi connectivity index (χ1n) is 5.70. The molecule has 1 aromatic carbocycles. The lowest BCUT2D eigenvalue weighted by Crippen LogP contribution is -2.13. The first-order valence-corrected chi connectivity index (χ1v) is 5.70. The minimum absolute atomic E-state index is 0.0396. The predicted molar refractivity (Wildman–Crippen MR) is 69.3 cm³/mol. The maximum Gasteiger partial charge on any atom is 0.289 e. The highest BCUT2D eigenvalue weighted by Crippen LogP contribution is 2.32. The van der Waals surface area contributed by atoms with Gasteiger partial charge in [0.15, 0.2) is 0 Å². The molecule has 0 amide bonds. The summed E-state index contributed by atoms with van der Waals surface area (Å²) in [5, 5.41) is 11.1. The van der Waals surface area contributed by atoms with Crippen molar-refractivity contribution in [3.8, 4) is 11.7 Å². The van der Waals surface area contributed by atoms with Crippen molar-refractivity contribution in [2.75, 3.05) is 14.1 Å². The number of nitrogens with zero attached hydrogens (tertiary/aromatic N) is 2. The van der Waals surface area contributed by atoms with Crippen LogP contribution in [0.3, 0.4) is 0 Å². The van der Waals surface area contributed by atoms with Gasteiger partial charge in [-0.25, -0.2) is 0 Å². The van der Waals surface area contributed by atoms with E-state index in [0.29, 0.717) is 23.8 Å². The molecular formula is C13H14N2O4. The lowest BCUT2D eigenvalue weighted by atomic mass is 10.1. The third kappa shape index (κ3) is 3.11. The van der Waals surface area contributed by atoms with Gasteiger partial charge >= 0.3 is 0 Å². The van der Waals surface area contributed by atoms with Gasteiger partial charge in [-0.3, -0.25) is 10.1 Å². The molecule has 0 unspecified atom stereocenters. The van der Waals surface area contributed by atoms with Crippen molar-refractivity contribution >= 4 is 5.69 Å². The quantitative estimate of drug-likeness (QED) is 0.612. The van der Waals surface area contributed by atoms with E-state index in [-0.39, 0.29) is 5.69 Å². The van der Waals surface area contributed by atoms with E-state index in [1.54, 1.807) is 24.3 Å². The third-order valence-corrected chi connectivity index (χ3v) is 2.48. The van der Waals surface area contributed by atoms with Crippen LogP contribution in [0.5, 0.6) is 11.7 Å². The van der Waals surface area contributed by atoms with E-state index in [4.69, 9.17) is 9.15 Å². The molecule has 0 bridgehead atoms. The molecule has 0 atom stereocenters. The molecule has 2 aromatic rings. The summed E-state index contributed by atoms with van der Waals surface area (Å²) in [6.45, 7) is 0.410. The van der Waals surface area contributed by atoms with Gasteiger partial charge in [-0.1, -0.05) is 6.07 Å². The number of hydrogen-bond donors (Lipinski definition) is 0. The van der Waals surface area contributed by atoms with E-state index < -0.39 is 4.92 Å². The van der Waals surface area contributed by atoms with E-state index in [0.717, 1.165) is 0 Å². The van der Waals surface area contributed by atoms with Crippen LogP contribution >= 0.6 is 0 Å². The zero-order valence-corrected chi connectivity index (χ0v) is 10.7. The highest BCUT2D eigenvalue weighted by atomic mass is 16.6. The second kappa shape index (κ2) is 5.53. The monoisotopic (exact) mass is 262 g/mol. The fraction of sp³-hybridized carbons (Fsp3) is 0.231. The molecule has 2 rings (SSSR count). The largest absolute Gasteiger partial charge is 0.434 e. The summed E-state index contributed by atoms with van der Waals surface area (Å²) in [7, 11) is 3.68. The molecular weight excluding hydrogens is 248 g/mol. The highest BCUT2D eigenvalue weighted by Gasteiger charge is 2.19. The Labute approximate surface area is 110 Å². The number of rotatable bonds is 5. The van der Waals surface area contributed by atoms with Crippen LogP contribution in [0.15, 0.2) is 41.0 Å². The topological polar surface area (TPSA) is 68.8 Å². The first-order chi connectivity index (χ1) is 9.08. The number of nitro groups is 1. The third-order valence-electron chi connectivity index (χ3n) is 2.48. The summed E-state index contributed by atoms with van der Waals surface area (Å²) < 4.78 is 10.6. The standard InChI is InChI=1S/C13H14N2O4/c1-14(2)9-10-11(15(16)17)5-3-6-12(10)19-13-7-4-8-18-13/h3-8H,9H2,1-2H3. The number of ether oxygens (including phenoxy) is 1. The molecule has 0 aliphatic rings. The smallest absolute Gasteiger partial charge is 0.289 e. The van der Waals surface area contributed by atoms with E-state index in [1.807, 2.05) is 19.0 Å². The van der Waals surface area contributed by atoms with Gasteiger partial charge in [0.1, 0.15) is 5.75 Å². The molecule has 0 aliphatic carbocycles. The Morgan fingerprint density at radius 2 is 2.11 bits per heavy atom. The maximum atomic E-state index is 11.1. The number of hydrogen-bond acceptors (Lipinski definition) is 5. The van der Waals surface area contributed by atoms with Crippen LogP contribution in [0, 0.1) is 10.1 Å². The Balaban J connectivity index is 2.40. The summed E-state index contributed by atoms with van der Waals surface area (Å²) in [6, 6.07) is 8.09. The Morgan fingerprint density at radius 1 is 1.32 bits per heavy atom. The van der Waals surface area contributed by atoms with Crippen molar-refractivity contribution in [3.63, 3.8) is 0 Å². The van der Waals surface area contributed by atoms with Gasteiger partial charge < -0.3 is 14.1 Å². The van der Waals surface area contributed by atoms with Gasteiger partial charge in [0.25, 0.3) is 11.6 Å². The lowest BCUT2D eigenvalue weighted by molar-refractivity contribution is -0.385. The fourth-order valence-corrected chi connectivity index (χ4v) is 1.73. The SMILES string of the molecule is CN(C)Cc1c(Oc2ccco2)cccc1[N+](=O)[O-]. The van der Waals surface area contributed by atoms with Crippen LogP contribution in [0.2, 0.25) is 0 Å². The molecule has 100 valence electrons. The fourth-order valence-electron chi connectivity index (χ4n) is 1.73. The number of benzene rings is 1. The Hall–Kier alpha value is -2.34. The Morgan fingerprint density at radius 3 is 2.68 bits per heavy atom. The zero-order chi connectivity index (χ0) is 13.8. The molecule has 0 aliphatic heterocycles. The average Bonchev–Trinajstić information content (AvgIpc) is 2.83. The normalized spacial score (nSPS) is 10.7. The summed E-state index contributed by atoms with van der Waals surface area (Å²) in [5.74, 6) is 0.735. The van der Waals surface area contributed by atoms with Crippen LogP contribution < -0.4 is 4.74 Å². The minimum Gasteiger partial charge on any atom is -0.434 e.